The Bertz CT molecular complexity index is 291. The second kappa shape index (κ2) is 5.58. The maximum atomic E-state index is 10.5. The van der Waals surface area contributed by atoms with E-state index in [9.17, 15) is 4.79 Å². The molecule has 1 unspecified atom stereocenters. The molecular weight excluding hydrogens is 172 g/mol. The second-order valence-corrected chi connectivity index (χ2v) is 3.89. The minimum atomic E-state index is 0.131. The van der Waals surface area contributed by atoms with Crippen molar-refractivity contribution in [1.82, 2.24) is 0 Å². The van der Waals surface area contributed by atoms with Crippen LogP contribution in [-0.4, -0.2) is 6.29 Å². The number of hydrogen-bond acceptors (Lipinski definition) is 1. The van der Waals surface area contributed by atoms with Gasteiger partial charge in [0.25, 0.3) is 0 Å². The highest BCUT2D eigenvalue weighted by atomic mass is 16.1. The fourth-order valence-electron chi connectivity index (χ4n) is 1.62. The first-order valence-corrected chi connectivity index (χ1v) is 5.29. The Balaban J connectivity index is 2.67. The standard InChI is InChI=1S/C13H18O/c1-3-5-12-6-4-7-13(9-12)8-11(2)10-14/h4,6-7,9-11H,3,5,8H2,1-2H3. The first kappa shape index (κ1) is 11.0. The summed E-state index contributed by atoms with van der Waals surface area (Å²) in [6, 6.07) is 8.54. The van der Waals surface area contributed by atoms with E-state index in [0.29, 0.717) is 0 Å². The zero-order chi connectivity index (χ0) is 10.4. The summed E-state index contributed by atoms with van der Waals surface area (Å²) in [5, 5.41) is 0. The van der Waals surface area contributed by atoms with E-state index in [2.05, 4.69) is 31.2 Å². The SMILES string of the molecule is CCCc1cccc(CC(C)C=O)c1. The highest BCUT2D eigenvalue weighted by Crippen LogP contribution is 2.11. The van der Waals surface area contributed by atoms with Crippen LogP contribution in [0.25, 0.3) is 0 Å². The van der Waals surface area contributed by atoms with Crippen molar-refractivity contribution in [2.24, 2.45) is 5.92 Å². The number of aryl methyl sites for hydroxylation is 1. The molecule has 0 N–H and O–H groups in total. The van der Waals surface area contributed by atoms with E-state index >= 15 is 0 Å². The van der Waals surface area contributed by atoms with E-state index in [4.69, 9.17) is 0 Å². The molecule has 0 aromatic heterocycles. The average molecular weight is 190 g/mol. The minimum absolute atomic E-state index is 0.131. The molecule has 14 heavy (non-hydrogen) atoms. The van der Waals surface area contributed by atoms with Crippen LogP contribution in [0.4, 0.5) is 0 Å². The molecular formula is C13H18O. The molecule has 0 spiro atoms. The van der Waals surface area contributed by atoms with Gasteiger partial charge in [-0.25, -0.2) is 0 Å². The molecule has 1 aromatic rings. The van der Waals surface area contributed by atoms with Gasteiger partial charge in [-0.15, -0.1) is 0 Å². The predicted molar refractivity (Wildman–Crippen MR) is 59.4 cm³/mol. The molecule has 1 nitrogen and oxygen atoms in total. The summed E-state index contributed by atoms with van der Waals surface area (Å²) in [4.78, 5) is 10.5. The molecule has 1 aromatic carbocycles. The van der Waals surface area contributed by atoms with Crippen molar-refractivity contribution in [3.63, 3.8) is 0 Å². The topological polar surface area (TPSA) is 17.1 Å². The molecule has 0 aliphatic carbocycles. The van der Waals surface area contributed by atoms with Gasteiger partial charge >= 0.3 is 0 Å². The molecule has 0 saturated carbocycles. The summed E-state index contributed by atoms with van der Waals surface area (Å²) >= 11 is 0. The molecule has 1 heteroatoms. The number of hydrogen-bond donors (Lipinski definition) is 0. The Morgan fingerprint density at radius 1 is 1.36 bits per heavy atom. The Hall–Kier alpha value is -1.11. The van der Waals surface area contributed by atoms with Gasteiger partial charge in [0.05, 0.1) is 0 Å². The molecule has 0 radical (unpaired) electrons. The summed E-state index contributed by atoms with van der Waals surface area (Å²) < 4.78 is 0. The first-order valence-electron chi connectivity index (χ1n) is 5.29. The van der Waals surface area contributed by atoms with Gasteiger partial charge in [-0.05, 0) is 24.0 Å². The van der Waals surface area contributed by atoms with E-state index in [1.165, 1.54) is 17.5 Å². The summed E-state index contributed by atoms with van der Waals surface area (Å²) in [7, 11) is 0. The molecule has 0 heterocycles. The largest absolute Gasteiger partial charge is 0.303 e. The quantitative estimate of drug-likeness (QED) is 0.652. The number of aldehydes is 1. The molecule has 76 valence electrons. The fraction of sp³-hybridized carbons (Fsp3) is 0.462. The van der Waals surface area contributed by atoms with Crippen molar-refractivity contribution >= 4 is 6.29 Å². The molecule has 0 aliphatic heterocycles. The van der Waals surface area contributed by atoms with E-state index in [-0.39, 0.29) is 5.92 Å². The minimum Gasteiger partial charge on any atom is -0.303 e. The van der Waals surface area contributed by atoms with Gasteiger partial charge in [-0.3, -0.25) is 0 Å². The highest BCUT2D eigenvalue weighted by Gasteiger charge is 2.02. The van der Waals surface area contributed by atoms with Crippen LogP contribution in [0.1, 0.15) is 31.4 Å². The van der Waals surface area contributed by atoms with Gasteiger partial charge in [-0.2, -0.15) is 0 Å². The van der Waals surface area contributed by atoms with Gasteiger partial charge in [0, 0.05) is 5.92 Å². The molecule has 0 bridgehead atoms. The van der Waals surface area contributed by atoms with E-state index in [0.717, 1.165) is 19.1 Å². The summed E-state index contributed by atoms with van der Waals surface area (Å²) in [5.41, 5.74) is 2.65. The number of rotatable bonds is 5. The lowest BCUT2D eigenvalue weighted by atomic mass is 9.99. The van der Waals surface area contributed by atoms with Gasteiger partial charge < -0.3 is 4.79 Å². The van der Waals surface area contributed by atoms with E-state index in [1.807, 2.05) is 6.92 Å². The smallest absolute Gasteiger partial charge is 0.123 e. The molecule has 0 saturated heterocycles. The Morgan fingerprint density at radius 3 is 2.71 bits per heavy atom. The maximum Gasteiger partial charge on any atom is 0.123 e. The maximum absolute atomic E-state index is 10.5. The van der Waals surface area contributed by atoms with Crippen LogP contribution in [0, 0.1) is 5.92 Å². The first-order chi connectivity index (χ1) is 6.76. The van der Waals surface area contributed by atoms with Crippen molar-refractivity contribution in [2.75, 3.05) is 0 Å². The molecule has 1 atom stereocenters. The van der Waals surface area contributed by atoms with Crippen molar-refractivity contribution in [3.05, 3.63) is 35.4 Å². The average Bonchev–Trinajstić information content (AvgIpc) is 2.19. The van der Waals surface area contributed by atoms with Gasteiger partial charge in [0.2, 0.25) is 0 Å². The molecule has 0 aliphatic rings. The van der Waals surface area contributed by atoms with Gasteiger partial charge in [0.15, 0.2) is 0 Å². The lowest BCUT2D eigenvalue weighted by molar-refractivity contribution is -0.110. The predicted octanol–water partition coefficient (Wildman–Crippen LogP) is 3.02. The summed E-state index contributed by atoms with van der Waals surface area (Å²) in [6.07, 6.45) is 4.18. The lowest BCUT2D eigenvalue weighted by Crippen LogP contribution is -2.00. The molecule has 0 amide bonds. The van der Waals surface area contributed by atoms with Crippen LogP contribution in [0.3, 0.4) is 0 Å². The second-order valence-electron chi connectivity index (χ2n) is 3.89. The number of carbonyl (C=O) groups excluding carboxylic acids is 1. The van der Waals surface area contributed by atoms with E-state index in [1.54, 1.807) is 0 Å². The lowest BCUT2D eigenvalue weighted by Gasteiger charge is -2.06. The van der Waals surface area contributed by atoms with Gasteiger partial charge in [0.1, 0.15) is 6.29 Å². The Labute approximate surface area is 86.1 Å². The fourth-order valence-corrected chi connectivity index (χ4v) is 1.62. The summed E-state index contributed by atoms with van der Waals surface area (Å²) in [6.45, 7) is 4.14. The van der Waals surface area contributed by atoms with Crippen molar-refractivity contribution in [2.45, 2.75) is 33.1 Å². The third kappa shape index (κ3) is 3.33. The van der Waals surface area contributed by atoms with Crippen molar-refractivity contribution in [1.29, 1.82) is 0 Å². The van der Waals surface area contributed by atoms with Crippen LogP contribution < -0.4 is 0 Å². The van der Waals surface area contributed by atoms with Crippen molar-refractivity contribution in [3.8, 4) is 0 Å². The van der Waals surface area contributed by atoms with Crippen LogP contribution >= 0.6 is 0 Å². The number of carbonyl (C=O) groups is 1. The summed E-state index contributed by atoms with van der Waals surface area (Å²) in [5.74, 6) is 0.131. The molecule has 0 fully saturated rings. The Morgan fingerprint density at radius 2 is 2.07 bits per heavy atom. The highest BCUT2D eigenvalue weighted by molar-refractivity contribution is 5.53. The third-order valence-corrected chi connectivity index (χ3v) is 2.32. The zero-order valence-electron chi connectivity index (χ0n) is 8.99. The van der Waals surface area contributed by atoms with Gasteiger partial charge in [-0.1, -0.05) is 44.5 Å². The number of benzene rings is 1. The van der Waals surface area contributed by atoms with E-state index < -0.39 is 0 Å². The third-order valence-electron chi connectivity index (χ3n) is 2.32. The van der Waals surface area contributed by atoms with Crippen LogP contribution in [-0.2, 0) is 17.6 Å². The molecule has 1 rings (SSSR count). The van der Waals surface area contributed by atoms with Crippen molar-refractivity contribution < 1.29 is 4.79 Å². The Kier molecular flexibility index (Phi) is 4.37. The monoisotopic (exact) mass is 190 g/mol. The normalized spacial score (nSPS) is 12.4. The van der Waals surface area contributed by atoms with Crippen LogP contribution in [0.2, 0.25) is 0 Å². The van der Waals surface area contributed by atoms with Crippen LogP contribution in [0.5, 0.6) is 0 Å². The van der Waals surface area contributed by atoms with Crippen LogP contribution in [0.15, 0.2) is 24.3 Å². The zero-order valence-corrected chi connectivity index (χ0v) is 8.99.